The summed E-state index contributed by atoms with van der Waals surface area (Å²) in [5, 5.41) is 11.2. The highest BCUT2D eigenvalue weighted by molar-refractivity contribution is 5.95. The molecule has 0 fully saturated rings. The van der Waals surface area contributed by atoms with Gasteiger partial charge in [-0.15, -0.1) is 0 Å². The zero-order valence-electron chi connectivity index (χ0n) is 9.05. The maximum Gasteiger partial charge on any atom is 0.257 e. The second kappa shape index (κ2) is 5.98. The molecule has 1 amide bonds. The van der Waals surface area contributed by atoms with E-state index in [0.717, 1.165) is 0 Å². The van der Waals surface area contributed by atoms with Crippen molar-refractivity contribution in [2.45, 2.75) is 0 Å². The summed E-state index contributed by atoms with van der Waals surface area (Å²) in [4.78, 5) is 19.1. The average molecular weight is 226 g/mol. The molecule has 0 aliphatic carbocycles. The summed E-state index contributed by atoms with van der Waals surface area (Å²) in [5.41, 5.74) is 1.04. The first-order chi connectivity index (χ1) is 8.21. The van der Waals surface area contributed by atoms with Crippen LogP contribution in [0.3, 0.4) is 0 Å². The molecule has 0 saturated heterocycles. The summed E-state index contributed by atoms with van der Waals surface area (Å²) < 4.78 is 0. The Morgan fingerprint density at radius 3 is 2.94 bits per heavy atom. The zero-order valence-corrected chi connectivity index (χ0v) is 9.05. The largest absolute Gasteiger partial charge is 0.321 e. The van der Waals surface area contributed by atoms with Crippen LogP contribution in [0.4, 0.5) is 0 Å². The molecule has 0 saturated carbocycles. The molecule has 1 rings (SSSR count). The normalized spacial score (nSPS) is 10.2. The standard InChI is InChI=1S/C12H10N4O/c1-3-11(8-14-2)16-12(17)10-4-9(5-13)6-15-7-10/h3-4,6-8H,1-2H2,(H,16,17)/b11-8+. The predicted molar refractivity (Wildman–Crippen MR) is 64.2 cm³/mol. The van der Waals surface area contributed by atoms with Crippen molar-refractivity contribution in [3.05, 3.63) is 54.1 Å². The first-order valence-electron chi connectivity index (χ1n) is 4.66. The molecule has 17 heavy (non-hydrogen) atoms. The Bertz CT molecular complexity index is 526. The van der Waals surface area contributed by atoms with Crippen LogP contribution in [0.25, 0.3) is 0 Å². The number of nitrogens with one attached hydrogen (secondary N) is 1. The number of aliphatic imine (C=N–C) groups is 1. The topological polar surface area (TPSA) is 78.1 Å². The number of rotatable bonds is 4. The van der Waals surface area contributed by atoms with E-state index in [-0.39, 0.29) is 5.91 Å². The smallest absolute Gasteiger partial charge is 0.257 e. The monoisotopic (exact) mass is 226 g/mol. The van der Waals surface area contributed by atoms with E-state index in [9.17, 15) is 4.79 Å². The number of pyridine rings is 1. The lowest BCUT2D eigenvalue weighted by Crippen LogP contribution is -2.21. The second-order valence-electron chi connectivity index (χ2n) is 3.00. The fourth-order valence-electron chi connectivity index (χ4n) is 1.06. The van der Waals surface area contributed by atoms with Gasteiger partial charge in [-0.1, -0.05) is 6.58 Å². The van der Waals surface area contributed by atoms with Crippen molar-refractivity contribution < 1.29 is 4.79 Å². The molecule has 5 nitrogen and oxygen atoms in total. The minimum absolute atomic E-state index is 0.292. The fourth-order valence-corrected chi connectivity index (χ4v) is 1.06. The maximum absolute atomic E-state index is 11.7. The van der Waals surface area contributed by atoms with Crippen molar-refractivity contribution in [2.24, 2.45) is 4.99 Å². The Labute approximate surface area is 98.8 Å². The van der Waals surface area contributed by atoms with Gasteiger partial charge in [0.25, 0.3) is 5.91 Å². The van der Waals surface area contributed by atoms with Gasteiger partial charge < -0.3 is 5.32 Å². The zero-order chi connectivity index (χ0) is 12.7. The van der Waals surface area contributed by atoms with Gasteiger partial charge in [-0.25, -0.2) is 0 Å². The Morgan fingerprint density at radius 1 is 1.59 bits per heavy atom. The molecule has 0 unspecified atom stereocenters. The van der Waals surface area contributed by atoms with Crippen LogP contribution in [-0.2, 0) is 0 Å². The highest BCUT2D eigenvalue weighted by Gasteiger charge is 2.07. The van der Waals surface area contributed by atoms with Gasteiger partial charge >= 0.3 is 0 Å². The van der Waals surface area contributed by atoms with E-state index in [4.69, 9.17) is 5.26 Å². The van der Waals surface area contributed by atoms with Crippen LogP contribution in [-0.4, -0.2) is 17.6 Å². The predicted octanol–water partition coefficient (Wildman–Crippen LogP) is 1.41. The van der Waals surface area contributed by atoms with Crippen LogP contribution in [0.1, 0.15) is 15.9 Å². The van der Waals surface area contributed by atoms with E-state index in [2.05, 4.69) is 28.6 Å². The molecule has 0 radical (unpaired) electrons. The van der Waals surface area contributed by atoms with Gasteiger partial charge in [0.2, 0.25) is 0 Å². The van der Waals surface area contributed by atoms with Crippen LogP contribution < -0.4 is 5.32 Å². The Kier molecular flexibility index (Phi) is 4.34. The van der Waals surface area contributed by atoms with E-state index < -0.39 is 0 Å². The van der Waals surface area contributed by atoms with Gasteiger partial charge in [0.05, 0.1) is 16.8 Å². The fraction of sp³-hybridized carbons (Fsp3) is 0. The number of carbonyl (C=O) groups is 1. The minimum Gasteiger partial charge on any atom is -0.321 e. The molecule has 5 heteroatoms. The summed E-state index contributed by atoms with van der Waals surface area (Å²) in [6, 6.07) is 3.36. The SMILES string of the molecule is C=C/C(=C\N=C)NC(=O)c1cncc(C#N)c1. The molecular weight excluding hydrogens is 216 g/mol. The number of hydrogen-bond acceptors (Lipinski definition) is 4. The number of nitrogens with zero attached hydrogens (tertiary/aromatic N) is 3. The van der Waals surface area contributed by atoms with Crippen LogP contribution in [0, 0.1) is 11.3 Å². The van der Waals surface area contributed by atoms with Crippen molar-refractivity contribution in [1.82, 2.24) is 10.3 Å². The van der Waals surface area contributed by atoms with Crippen molar-refractivity contribution in [3.63, 3.8) is 0 Å². The lowest BCUT2D eigenvalue weighted by atomic mass is 10.2. The van der Waals surface area contributed by atoms with Crippen molar-refractivity contribution in [1.29, 1.82) is 5.26 Å². The number of aromatic nitrogens is 1. The Hall–Kier alpha value is -2.74. The van der Waals surface area contributed by atoms with Gasteiger partial charge in [-0.05, 0) is 18.9 Å². The molecular formula is C12H10N4O. The van der Waals surface area contributed by atoms with Crippen LogP contribution >= 0.6 is 0 Å². The molecule has 1 heterocycles. The Morgan fingerprint density at radius 2 is 2.35 bits per heavy atom. The summed E-state index contributed by atoms with van der Waals surface area (Å²) in [6.07, 6.45) is 5.56. The van der Waals surface area contributed by atoms with Gasteiger partial charge in [-0.3, -0.25) is 14.8 Å². The quantitative estimate of drug-likeness (QED) is 0.622. The number of nitriles is 1. The van der Waals surface area contributed by atoms with Gasteiger partial charge in [0.15, 0.2) is 0 Å². The van der Waals surface area contributed by atoms with Crippen molar-refractivity contribution >= 4 is 12.6 Å². The molecule has 84 valence electrons. The maximum atomic E-state index is 11.7. The van der Waals surface area contributed by atoms with Crippen LogP contribution in [0.2, 0.25) is 0 Å². The van der Waals surface area contributed by atoms with Crippen molar-refractivity contribution in [3.8, 4) is 6.07 Å². The highest BCUT2D eigenvalue weighted by atomic mass is 16.1. The van der Waals surface area contributed by atoms with E-state index in [1.807, 2.05) is 6.07 Å². The minimum atomic E-state index is -0.385. The molecule has 1 aromatic heterocycles. The first-order valence-corrected chi connectivity index (χ1v) is 4.66. The third-order valence-corrected chi connectivity index (χ3v) is 1.84. The number of allylic oxidation sites excluding steroid dienone is 1. The van der Waals surface area contributed by atoms with E-state index in [0.29, 0.717) is 16.8 Å². The molecule has 0 atom stereocenters. The lowest BCUT2D eigenvalue weighted by molar-refractivity contribution is 0.0966. The van der Waals surface area contributed by atoms with Gasteiger partial charge in [0.1, 0.15) is 6.07 Å². The lowest BCUT2D eigenvalue weighted by Gasteiger charge is -2.04. The molecule has 1 aromatic rings. The molecule has 0 aliphatic rings. The molecule has 0 aromatic carbocycles. The molecule has 0 bridgehead atoms. The highest BCUT2D eigenvalue weighted by Crippen LogP contribution is 2.03. The summed E-state index contributed by atoms with van der Waals surface area (Å²) in [7, 11) is 0. The summed E-state index contributed by atoms with van der Waals surface area (Å²) >= 11 is 0. The molecule has 0 aliphatic heterocycles. The third-order valence-electron chi connectivity index (χ3n) is 1.84. The number of carbonyl (C=O) groups excluding carboxylic acids is 1. The van der Waals surface area contributed by atoms with Gasteiger partial charge in [0, 0.05) is 18.6 Å². The first kappa shape index (κ1) is 12.3. The van der Waals surface area contributed by atoms with Crippen molar-refractivity contribution in [2.75, 3.05) is 0 Å². The van der Waals surface area contributed by atoms with Crippen LogP contribution in [0.15, 0.2) is 48.0 Å². The third kappa shape index (κ3) is 3.39. The van der Waals surface area contributed by atoms with Crippen LogP contribution in [0.5, 0.6) is 0 Å². The second-order valence-corrected chi connectivity index (χ2v) is 3.00. The summed E-state index contributed by atoms with van der Waals surface area (Å²) in [5.74, 6) is -0.385. The number of amides is 1. The van der Waals surface area contributed by atoms with E-state index in [1.54, 1.807) is 0 Å². The number of hydrogen-bond donors (Lipinski definition) is 1. The molecule has 1 N–H and O–H groups in total. The Balaban J connectivity index is 2.90. The average Bonchev–Trinajstić information content (AvgIpc) is 2.38. The van der Waals surface area contributed by atoms with E-state index in [1.165, 1.54) is 30.7 Å². The van der Waals surface area contributed by atoms with E-state index >= 15 is 0 Å². The summed E-state index contributed by atoms with van der Waals surface area (Å²) in [6.45, 7) is 6.80. The molecule has 0 spiro atoms. The van der Waals surface area contributed by atoms with Gasteiger partial charge in [-0.2, -0.15) is 5.26 Å².